The summed E-state index contributed by atoms with van der Waals surface area (Å²) in [6.07, 6.45) is 3.90. The first-order chi connectivity index (χ1) is 9.90. The predicted molar refractivity (Wildman–Crippen MR) is 76.0 cm³/mol. The molecule has 2 fully saturated rings. The van der Waals surface area contributed by atoms with Crippen molar-refractivity contribution in [3.05, 3.63) is 18.0 Å². The standard InChI is InChI=1S/C15H20F3N3/c16-15(17,18)13-9-12(11(19)10-20-13)21-7-5-14(6-8-21)3-1-2-4-14/h9-10H,1-8,19H2. The molecule has 1 aromatic heterocycles. The van der Waals surface area contributed by atoms with Crippen LogP contribution in [0.3, 0.4) is 0 Å². The van der Waals surface area contributed by atoms with E-state index in [2.05, 4.69) is 4.98 Å². The first kappa shape index (κ1) is 14.5. The summed E-state index contributed by atoms with van der Waals surface area (Å²) in [6.45, 7) is 1.57. The molecule has 0 radical (unpaired) electrons. The van der Waals surface area contributed by atoms with Gasteiger partial charge in [-0.15, -0.1) is 0 Å². The van der Waals surface area contributed by atoms with Gasteiger partial charge in [-0.2, -0.15) is 13.2 Å². The van der Waals surface area contributed by atoms with Crippen LogP contribution < -0.4 is 10.6 Å². The summed E-state index contributed by atoms with van der Waals surface area (Å²) in [7, 11) is 0. The lowest BCUT2D eigenvalue weighted by atomic mass is 9.77. The third kappa shape index (κ3) is 2.80. The van der Waals surface area contributed by atoms with E-state index in [0.29, 0.717) is 16.8 Å². The van der Waals surface area contributed by atoms with Gasteiger partial charge in [-0.1, -0.05) is 12.8 Å². The molecule has 0 amide bonds. The molecule has 3 nitrogen and oxygen atoms in total. The predicted octanol–water partition coefficient (Wildman–Crippen LogP) is 3.84. The van der Waals surface area contributed by atoms with Crippen LogP contribution in [-0.4, -0.2) is 18.1 Å². The van der Waals surface area contributed by atoms with Crippen molar-refractivity contribution >= 4 is 11.4 Å². The Hall–Kier alpha value is -1.46. The van der Waals surface area contributed by atoms with Crippen molar-refractivity contribution in [1.29, 1.82) is 0 Å². The molecule has 0 atom stereocenters. The van der Waals surface area contributed by atoms with Crippen molar-refractivity contribution in [2.45, 2.75) is 44.7 Å². The van der Waals surface area contributed by atoms with E-state index in [4.69, 9.17) is 5.73 Å². The molecule has 1 aliphatic heterocycles. The Labute approximate surface area is 122 Å². The zero-order valence-electron chi connectivity index (χ0n) is 11.9. The maximum atomic E-state index is 12.8. The maximum Gasteiger partial charge on any atom is 0.433 e. The van der Waals surface area contributed by atoms with Crippen LogP contribution in [0.4, 0.5) is 24.5 Å². The molecule has 1 saturated carbocycles. The highest BCUT2D eigenvalue weighted by atomic mass is 19.4. The van der Waals surface area contributed by atoms with Crippen LogP contribution in [0.25, 0.3) is 0 Å². The second-order valence-corrected chi connectivity index (χ2v) is 6.32. The molecule has 2 heterocycles. The molecule has 0 aromatic carbocycles. The molecule has 2 aliphatic rings. The van der Waals surface area contributed by atoms with Gasteiger partial charge in [-0.25, -0.2) is 4.98 Å². The molecular formula is C15H20F3N3. The van der Waals surface area contributed by atoms with Crippen LogP contribution >= 0.6 is 0 Å². The lowest BCUT2D eigenvalue weighted by Crippen LogP contribution is -2.39. The molecule has 6 heteroatoms. The highest BCUT2D eigenvalue weighted by Gasteiger charge is 2.38. The number of hydrogen-bond acceptors (Lipinski definition) is 3. The van der Waals surface area contributed by atoms with Gasteiger partial charge in [-0.05, 0) is 37.2 Å². The zero-order chi connectivity index (χ0) is 15.1. The van der Waals surface area contributed by atoms with Crippen molar-refractivity contribution in [2.75, 3.05) is 23.7 Å². The monoisotopic (exact) mass is 299 g/mol. The lowest BCUT2D eigenvalue weighted by Gasteiger charge is -2.40. The molecule has 1 saturated heterocycles. The fourth-order valence-electron chi connectivity index (χ4n) is 3.73. The van der Waals surface area contributed by atoms with E-state index in [1.54, 1.807) is 0 Å². The highest BCUT2D eigenvalue weighted by molar-refractivity contribution is 5.67. The number of pyridine rings is 1. The van der Waals surface area contributed by atoms with E-state index in [1.807, 2.05) is 4.90 Å². The maximum absolute atomic E-state index is 12.8. The highest BCUT2D eigenvalue weighted by Crippen LogP contribution is 2.47. The molecule has 21 heavy (non-hydrogen) atoms. The SMILES string of the molecule is Nc1cnc(C(F)(F)F)cc1N1CCC2(CCCC2)CC1. The minimum atomic E-state index is -4.43. The third-order valence-corrected chi connectivity index (χ3v) is 5.03. The number of nitrogen functional groups attached to an aromatic ring is 1. The van der Waals surface area contributed by atoms with Gasteiger partial charge in [0.05, 0.1) is 17.6 Å². The topological polar surface area (TPSA) is 42.1 Å². The summed E-state index contributed by atoms with van der Waals surface area (Å²) in [5.74, 6) is 0. The average molecular weight is 299 g/mol. The molecule has 116 valence electrons. The van der Waals surface area contributed by atoms with Crippen molar-refractivity contribution in [3.8, 4) is 0 Å². The Morgan fingerprint density at radius 3 is 2.29 bits per heavy atom. The van der Waals surface area contributed by atoms with Crippen LogP contribution in [0, 0.1) is 5.41 Å². The van der Waals surface area contributed by atoms with Gasteiger partial charge in [0.15, 0.2) is 0 Å². The van der Waals surface area contributed by atoms with Gasteiger partial charge < -0.3 is 10.6 Å². The average Bonchev–Trinajstić information content (AvgIpc) is 2.88. The normalized spacial score (nSPS) is 22.0. The van der Waals surface area contributed by atoms with E-state index < -0.39 is 11.9 Å². The first-order valence-electron chi connectivity index (χ1n) is 7.47. The molecule has 1 aliphatic carbocycles. The van der Waals surface area contributed by atoms with E-state index in [0.717, 1.165) is 38.2 Å². The van der Waals surface area contributed by atoms with Gasteiger partial charge in [0, 0.05) is 13.1 Å². The zero-order valence-corrected chi connectivity index (χ0v) is 11.9. The van der Waals surface area contributed by atoms with Gasteiger partial charge in [0.1, 0.15) is 5.69 Å². The van der Waals surface area contributed by atoms with Gasteiger partial charge in [-0.3, -0.25) is 0 Å². The van der Waals surface area contributed by atoms with Gasteiger partial charge in [0.2, 0.25) is 0 Å². The minimum absolute atomic E-state index is 0.324. The number of halogens is 3. The largest absolute Gasteiger partial charge is 0.433 e. The van der Waals surface area contributed by atoms with Gasteiger partial charge >= 0.3 is 6.18 Å². The van der Waals surface area contributed by atoms with E-state index in [-0.39, 0.29) is 0 Å². The van der Waals surface area contributed by atoms with Crippen molar-refractivity contribution in [3.63, 3.8) is 0 Å². The number of nitrogens with zero attached hydrogens (tertiary/aromatic N) is 2. The molecule has 1 aromatic rings. The van der Waals surface area contributed by atoms with Crippen LogP contribution in [0.5, 0.6) is 0 Å². The quantitative estimate of drug-likeness (QED) is 0.856. The molecular weight excluding hydrogens is 279 g/mol. The summed E-state index contributed by atoms with van der Waals surface area (Å²) < 4.78 is 38.4. The lowest BCUT2D eigenvalue weighted by molar-refractivity contribution is -0.141. The molecule has 1 spiro atoms. The number of piperidine rings is 1. The van der Waals surface area contributed by atoms with Crippen molar-refractivity contribution in [1.82, 2.24) is 4.98 Å². The minimum Gasteiger partial charge on any atom is -0.396 e. The van der Waals surface area contributed by atoms with Crippen LogP contribution in [-0.2, 0) is 6.18 Å². The first-order valence-corrected chi connectivity index (χ1v) is 7.47. The van der Waals surface area contributed by atoms with Crippen LogP contribution in [0.1, 0.15) is 44.2 Å². The molecule has 0 bridgehead atoms. The molecule has 0 unspecified atom stereocenters. The number of alkyl halides is 3. The van der Waals surface area contributed by atoms with E-state index in [1.165, 1.54) is 25.7 Å². The summed E-state index contributed by atoms with van der Waals surface area (Å²) in [5.41, 5.74) is 6.21. The van der Waals surface area contributed by atoms with Crippen LogP contribution in [0.15, 0.2) is 12.3 Å². The van der Waals surface area contributed by atoms with Crippen molar-refractivity contribution < 1.29 is 13.2 Å². The van der Waals surface area contributed by atoms with E-state index >= 15 is 0 Å². The third-order valence-electron chi connectivity index (χ3n) is 5.03. The number of rotatable bonds is 1. The Bertz CT molecular complexity index is 511. The Balaban J connectivity index is 1.78. The van der Waals surface area contributed by atoms with Crippen LogP contribution in [0.2, 0.25) is 0 Å². The second kappa shape index (κ2) is 5.07. The van der Waals surface area contributed by atoms with E-state index in [9.17, 15) is 13.2 Å². The number of anilines is 2. The number of nitrogens with two attached hydrogens (primary N) is 1. The Kier molecular flexibility index (Phi) is 3.50. The second-order valence-electron chi connectivity index (χ2n) is 6.32. The molecule has 3 rings (SSSR count). The summed E-state index contributed by atoms with van der Waals surface area (Å²) >= 11 is 0. The number of aromatic nitrogens is 1. The smallest absolute Gasteiger partial charge is 0.396 e. The summed E-state index contributed by atoms with van der Waals surface area (Å²) in [5, 5.41) is 0. The summed E-state index contributed by atoms with van der Waals surface area (Å²) in [4.78, 5) is 5.38. The number of hydrogen-bond donors (Lipinski definition) is 1. The Morgan fingerprint density at radius 1 is 1.10 bits per heavy atom. The summed E-state index contributed by atoms with van der Waals surface area (Å²) in [6, 6.07) is 1.09. The fraction of sp³-hybridized carbons (Fsp3) is 0.667. The Morgan fingerprint density at radius 2 is 1.71 bits per heavy atom. The van der Waals surface area contributed by atoms with Crippen molar-refractivity contribution in [2.24, 2.45) is 5.41 Å². The fourth-order valence-corrected chi connectivity index (χ4v) is 3.73. The molecule has 2 N–H and O–H groups in total. The van der Waals surface area contributed by atoms with Gasteiger partial charge in [0.25, 0.3) is 0 Å².